The highest BCUT2D eigenvalue weighted by atomic mass is 16.2. The van der Waals surface area contributed by atoms with Crippen LogP contribution in [-0.2, 0) is 4.79 Å². The predicted molar refractivity (Wildman–Crippen MR) is 118 cm³/mol. The van der Waals surface area contributed by atoms with Gasteiger partial charge in [-0.15, -0.1) is 0 Å². The largest absolute Gasteiger partial charge is 0.368 e. The molecule has 2 aromatic carbocycles. The average Bonchev–Trinajstić information content (AvgIpc) is 2.68. The molecule has 0 radical (unpaired) electrons. The van der Waals surface area contributed by atoms with E-state index in [1.54, 1.807) is 0 Å². The number of piperazine rings is 1. The predicted octanol–water partition coefficient (Wildman–Crippen LogP) is 4.33. The van der Waals surface area contributed by atoms with Crippen molar-refractivity contribution in [1.82, 2.24) is 4.90 Å². The number of anilines is 2. The van der Waals surface area contributed by atoms with E-state index in [0.29, 0.717) is 12.0 Å². The number of hydrogen-bond donors (Lipinski definition) is 1. The minimum absolute atomic E-state index is 0.0206. The third-order valence-corrected chi connectivity index (χ3v) is 5.19. The lowest BCUT2D eigenvalue weighted by Crippen LogP contribution is -2.49. The summed E-state index contributed by atoms with van der Waals surface area (Å²) < 4.78 is 0. The van der Waals surface area contributed by atoms with Crippen LogP contribution in [-0.4, -0.2) is 42.9 Å². The van der Waals surface area contributed by atoms with E-state index in [-0.39, 0.29) is 17.2 Å². The topological polar surface area (TPSA) is 52.7 Å². The van der Waals surface area contributed by atoms with Crippen LogP contribution in [0.2, 0.25) is 0 Å². The zero-order chi connectivity index (χ0) is 21.0. The second-order valence-electron chi connectivity index (χ2n) is 8.92. The molecule has 5 heteroatoms. The summed E-state index contributed by atoms with van der Waals surface area (Å²) in [5.74, 6) is 0.147. The number of carbonyl (C=O) groups is 2. The number of nitrogens with zero attached hydrogens (tertiary/aromatic N) is 2. The molecule has 0 spiro atoms. The third kappa shape index (κ3) is 5.59. The Morgan fingerprint density at radius 1 is 0.931 bits per heavy atom. The molecule has 0 aromatic heterocycles. The molecule has 1 aliphatic rings. The fourth-order valence-electron chi connectivity index (χ4n) is 3.56. The molecule has 1 saturated heterocycles. The first-order valence-electron chi connectivity index (χ1n) is 10.2. The monoisotopic (exact) mass is 393 g/mol. The van der Waals surface area contributed by atoms with Gasteiger partial charge in [-0.25, -0.2) is 0 Å². The number of hydrogen-bond acceptors (Lipinski definition) is 3. The molecule has 1 heterocycles. The van der Waals surface area contributed by atoms with Gasteiger partial charge in [-0.05, 0) is 48.2 Å². The van der Waals surface area contributed by atoms with Crippen molar-refractivity contribution in [2.75, 3.05) is 36.4 Å². The van der Waals surface area contributed by atoms with Gasteiger partial charge >= 0.3 is 0 Å². The van der Waals surface area contributed by atoms with E-state index in [0.717, 1.165) is 43.1 Å². The molecule has 0 aliphatic carbocycles. The second-order valence-corrected chi connectivity index (χ2v) is 8.92. The van der Waals surface area contributed by atoms with Crippen LogP contribution in [0.5, 0.6) is 0 Å². The lowest BCUT2D eigenvalue weighted by molar-refractivity contribution is -0.133. The van der Waals surface area contributed by atoms with Gasteiger partial charge in [0.15, 0.2) is 0 Å². The smallest absolute Gasteiger partial charge is 0.255 e. The number of nitrogens with one attached hydrogen (secondary N) is 1. The zero-order valence-corrected chi connectivity index (χ0v) is 17.9. The van der Waals surface area contributed by atoms with Crippen molar-refractivity contribution >= 4 is 23.2 Å². The highest BCUT2D eigenvalue weighted by Crippen LogP contribution is 2.23. The van der Waals surface area contributed by atoms with Crippen LogP contribution < -0.4 is 10.2 Å². The van der Waals surface area contributed by atoms with Gasteiger partial charge in [-0.2, -0.15) is 0 Å². The first-order chi connectivity index (χ1) is 13.7. The van der Waals surface area contributed by atoms with E-state index in [4.69, 9.17) is 0 Å². The minimum Gasteiger partial charge on any atom is -0.368 e. The number of amides is 2. The van der Waals surface area contributed by atoms with Crippen LogP contribution >= 0.6 is 0 Å². The van der Waals surface area contributed by atoms with Crippen molar-refractivity contribution in [3.8, 4) is 0 Å². The van der Waals surface area contributed by atoms with E-state index >= 15 is 0 Å². The van der Waals surface area contributed by atoms with Gasteiger partial charge < -0.3 is 15.1 Å². The van der Waals surface area contributed by atoms with Gasteiger partial charge in [0.25, 0.3) is 5.91 Å². The molecule has 0 saturated carbocycles. The van der Waals surface area contributed by atoms with Crippen molar-refractivity contribution in [3.05, 3.63) is 59.7 Å². The second kappa shape index (κ2) is 8.68. The van der Waals surface area contributed by atoms with Crippen LogP contribution in [0.25, 0.3) is 0 Å². The first-order valence-corrected chi connectivity index (χ1v) is 10.2. The number of aryl methyl sites for hydroxylation is 1. The molecule has 0 unspecified atom stereocenters. The number of carbonyl (C=O) groups excluding carboxylic acids is 2. The number of rotatable bonds is 4. The SMILES string of the molecule is Cc1ccccc1C(=O)Nc1ccc(N2CCN(C(=O)CC(C)(C)C)CC2)cc1. The van der Waals surface area contributed by atoms with Gasteiger partial charge in [0.05, 0.1) is 0 Å². The minimum atomic E-state index is -0.0955. The van der Waals surface area contributed by atoms with Crippen LogP contribution in [0.4, 0.5) is 11.4 Å². The summed E-state index contributed by atoms with van der Waals surface area (Å²) in [6.45, 7) is 11.4. The van der Waals surface area contributed by atoms with E-state index in [1.165, 1.54) is 0 Å². The van der Waals surface area contributed by atoms with Crippen LogP contribution in [0.1, 0.15) is 43.1 Å². The summed E-state index contributed by atoms with van der Waals surface area (Å²) in [5.41, 5.74) is 3.56. The molecule has 3 rings (SSSR count). The summed E-state index contributed by atoms with van der Waals surface area (Å²) in [5, 5.41) is 2.96. The Labute approximate surface area is 173 Å². The van der Waals surface area contributed by atoms with Gasteiger partial charge in [0.1, 0.15) is 0 Å². The molecule has 2 aromatic rings. The van der Waals surface area contributed by atoms with E-state index in [9.17, 15) is 9.59 Å². The Kier molecular flexibility index (Phi) is 6.26. The number of benzene rings is 2. The summed E-state index contributed by atoms with van der Waals surface area (Å²) in [6, 6.07) is 15.5. The highest BCUT2D eigenvalue weighted by molar-refractivity contribution is 6.05. The van der Waals surface area contributed by atoms with E-state index in [1.807, 2.05) is 60.4 Å². The summed E-state index contributed by atoms with van der Waals surface area (Å²) in [4.78, 5) is 29.1. The summed E-state index contributed by atoms with van der Waals surface area (Å²) >= 11 is 0. The lowest BCUT2D eigenvalue weighted by atomic mass is 9.91. The van der Waals surface area contributed by atoms with Crippen molar-refractivity contribution in [2.24, 2.45) is 5.41 Å². The zero-order valence-electron chi connectivity index (χ0n) is 17.9. The van der Waals surface area contributed by atoms with Crippen LogP contribution in [0.15, 0.2) is 48.5 Å². The average molecular weight is 394 g/mol. The molecule has 2 amide bonds. The van der Waals surface area contributed by atoms with Crippen molar-refractivity contribution in [2.45, 2.75) is 34.1 Å². The molecule has 1 aliphatic heterocycles. The van der Waals surface area contributed by atoms with Crippen molar-refractivity contribution in [1.29, 1.82) is 0 Å². The van der Waals surface area contributed by atoms with E-state index in [2.05, 4.69) is 31.0 Å². The Morgan fingerprint density at radius 3 is 2.14 bits per heavy atom. The molecular formula is C24H31N3O2. The van der Waals surface area contributed by atoms with Gasteiger partial charge in [0, 0.05) is 49.5 Å². The van der Waals surface area contributed by atoms with Gasteiger partial charge in [0.2, 0.25) is 5.91 Å². The Hall–Kier alpha value is -2.82. The summed E-state index contributed by atoms with van der Waals surface area (Å²) in [6.07, 6.45) is 0.586. The highest BCUT2D eigenvalue weighted by Gasteiger charge is 2.25. The van der Waals surface area contributed by atoms with Gasteiger partial charge in [-0.1, -0.05) is 39.0 Å². The molecule has 1 N–H and O–H groups in total. The van der Waals surface area contributed by atoms with E-state index < -0.39 is 0 Å². The standard InChI is InChI=1S/C24H31N3O2/c1-18-7-5-6-8-21(18)23(29)25-19-9-11-20(12-10-19)26-13-15-27(16-14-26)22(28)17-24(2,3)4/h5-12H,13-17H2,1-4H3,(H,25,29). The van der Waals surface area contributed by atoms with Crippen molar-refractivity contribution < 1.29 is 9.59 Å². The summed E-state index contributed by atoms with van der Waals surface area (Å²) in [7, 11) is 0. The maximum absolute atomic E-state index is 12.5. The van der Waals surface area contributed by atoms with Crippen LogP contribution in [0, 0.1) is 12.3 Å². The quantitative estimate of drug-likeness (QED) is 0.841. The maximum atomic E-state index is 12.5. The Bertz CT molecular complexity index is 860. The molecule has 0 bridgehead atoms. The molecule has 0 atom stereocenters. The molecule has 154 valence electrons. The molecule has 5 nitrogen and oxygen atoms in total. The third-order valence-electron chi connectivity index (χ3n) is 5.19. The molecule has 29 heavy (non-hydrogen) atoms. The van der Waals surface area contributed by atoms with Crippen molar-refractivity contribution in [3.63, 3.8) is 0 Å². The fraction of sp³-hybridized carbons (Fsp3) is 0.417. The first kappa shape index (κ1) is 20.9. The van der Waals surface area contributed by atoms with Gasteiger partial charge in [-0.3, -0.25) is 9.59 Å². The molecular weight excluding hydrogens is 362 g/mol. The Balaban J connectivity index is 1.55. The maximum Gasteiger partial charge on any atom is 0.255 e. The Morgan fingerprint density at radius 2 is 1.55 bits per heavy atom. The van der Waals surface area contributed by atoms with Crippen LogP contribution in [0.3, 0.4) is 0 Å². The lowest BCUT2D eigenvalue weighted by Gasteiger charge is -2.37. The fourth-order valence-corrected chi connectivity index (χ4v) is 3.56. The normalized spacial score (nSPS) is 14.6. The molecule has 1 fully saturated rings.